The first-order valence-corrected chi connectivity index (χ1v) is 10.9. The van der Waals surface area contributed by atoms with Crippen molar-refractivity contribution in [3.63, 3.8) is 0 Å². The fraction of sp³-hybridized carbons (Fsp3) is 0.500. The van der Waals surface area contributed by atoms with Crippen molar-refractivity contribution in [2.75, 3.05) is 31.1 Å². The summed E-state index contributed by atoms with van der Waals surface area (Å²) in [5.41, 5.74) is -0.0372. The van der Waals surface area contributed by atoms with E-state index in [1.165, 1.54) is 16.0 Å². The van der Waals surface area contributed by atoms with Gasteiger partial charge >= 0.3 is 6.09 Å². The van der Waals surface area contributed by atoms with E-state index >= 15 is 0 Å². The van der Waals surface area contributed by atoms with E-state index in [2.05, 4.69) is 18.8 Å². The Morgan fingerprint density at radius 3 is 2.31 bits per heavy atom. The highest BCUT2D eigenvalue weighted by atomic mass is 19.3. The van der Waals surface area contributed by atoms with Crippen LogP contribution in [0.3, 0.4) is 0 Å². The summed E-state index contributed by atoms with van der Waals surface area (Å²) in [4.78, 5) is 18.5. The van der Waals surface area contributed by atoms with E-state index in [-0.39, 0.29) is 26.1 Å². The predicted octanol–water partition coefficient (Wildman–Crippen LogP) is 4.29. The first kappa shape index (κ1) is 22.5. The maximum atomic E-state index is 13.8. The van der Waals surface area contributed by atoms with Gasteiger partial charge in [0.1, 0.15) is 11.4 Å². The number of halogens is 2. The lowest BCUT2D eigenvalue weighted by atomic mass is 9.62. The fourth-order valence-corrected chi connectivity index (χ4v) is 4.88. The quantitative estimate of drug-likeness (QED) is 0.718. The number of anilines is 1. The Kier molecular flexibility index (Phi) is 5.40. The first-order valence-electron chi connectivity index (χ1n) is 10.9. The number of alkyl halides is 2. The Bertz CT molecular complexity index is 1010. The molecule has 4 rings (SSSR count). The molecule has 2 aromatic rings. The van der Waals surface area contributed by atoms with Crippen molar-refractivity contribution in [3.8, 4) is 0 Å². The lowest BCUT2D eigenvalue weighted by molar-refractivity contribution is -0.124. The third-order valence-electron chi connectivity index (χ3n) is 6.88. The molecule has 8 heteroatoms. The monoisotopic (exact) mass is 445 g/mol. The van der Waals surface area contributed by atoms with Crippen molar-refractivity contribution in [2.45, 2.75) is 44.6 Å². The Morgan fingerprint density at radius 2 is 1.78 bits per heavy atom. The largest absolute Gasteiger partial charge is 0.465 e. The number of pyridine rings is 1. The Labute approximate surface area is 186 Å². The van der Waals surface area contributed by atoms with Gasteiger partial charge in [0.25, 0.3) is 5.92 Å². The molecular formula is C24H29F2N3O3. The Balaban J connectivity index is 1.77. The van der Waals surface area contributed by atoms with E-state index < -0.39 is 29.6 Å². The van der Waals surface area contributed by atoms with Gasteiger partial charge in [0.2, 0.25) is 0 Å². The molecule has 1 aromatic heterocycles. The van der Waals surface area contributed by atoms with Gasteiger partial charge in [-0.3, -0.25) is 0 Å². The van der Waals surface area contributed by atoms with E-state index in [1.807, 2.05) is 31.2 Å². The summed E-state index contributed by atoms with van der Waals surface area (Å²) in [6, 6.07) is 11.0. The predicted molar refractivity (Wildman–Crippen MR) is 117 cm³/mol. The van der Waals surface area contributed by atoms with Crippen LogP contribution in [0.1, 0.15) is 49.8 Å². The number of hydrogen-bond donors (Lipinski definition) is 2. The second-order valence-corrected chi connectivity index (χ2v) is 9.62. The van der Waals surface area contributed by atoms with Gasteiger partial charge in [-0.15, -0.1) is 0 Å². The van der Waals surface area contributed by atoms with Crippen molar-refractivity contribution in [1.82, 2.24) is 9.88 Å². The maximum absolute atomic E-state index is 13.8. The number of amides is 1. The number of aliphatic hydroxyl groups is 1. The Morgan fingerprint density at radius 1 is 1.12 bits per heavy atom. The molecule has 32 heavy (non-hydrogen) atoms. The molecule has 172 valence electrons. The molecule has 2 aliphatic heterocycles. The van der Waals surface area contributed by atoms with Gasteiger partial charge in [0, 0.05) is 37.7 Å². The zero-order valence-electron chi connectivity index (χ0n) is 18.6. The van der Waals surface area contributed by atoms with Crippen LogP contribution >= 0.6 is 0 Å². The van der Waals surface area contributed by atoms with Gasteiger partial charge in [-0.25, -0.2) is 18.6 Å². The lowest BCUT2D eigenvalue weighted by Gasteiger charge is -2.55. The third-order valence-corrected chi connectivity index (χ3v) is 6.88. The van der Waals surface area contributed by atoms with Gasteiger partial charge in [0.15, 0.2) is 0 Å². The molecule has 0 radical (unpaired) electrons. The van der Waals surface area contributed by atoms with Crippen LogP contribution in [0.25, 0.3) is 0 Å². The molecular weight excluding hydrogens is 416 g/mol. The third kappa shape index (κ3) is 3.70. The molecule has 0 aliphatic carbocycles. The van der Waals surface area contributed by atoms with Gasteiger partial charge in [0.05, 0.1) is 6.54 Å². The topological polar surface area (TPSA) is 76.9 Å². The highest BCUT2D eigenvalue weighted by Crippen LogP contribution is 2.51. The summed E-state index contributed by atoms with van der Waals surface area (Å²) in [7, 11) is 0. The van der Waals surface area contributed by atoms with E-state index in [9.17, 15) is 23.8 Å². The number of hydrogen-bond acceptors (Lipinski definition) is 4. The van der Waals surface area contributed by atoms with Crippen molar-refractivity contribution < 1.29 is 23.8 Å². The van der Waals surface area contributed by atoms with E-state index in [1.54, 1.807) is 12.1 Å². The average molecular weight is 446 g/mol. The lowest BCUT2D eigenvalue weighted by Crippen LogP contribution is -2.66. The number of carbonyl (C=O) groups is 1. The molecule has 1 atom stereocenters. The summed E-state index contributed by atoms with van der Waals surface area (Å²) in [6.45, 7) is 6.12. The second-order valence-electron chi connectivity index (χ2n) is 9.62. The number of nitrogens with zero attached hydrogens (tertiary/aromatic N) is 3. The molecule has 2 N–H and O–H groups in total. The average Bonchev–Trinajstić information content (AvgIpc) is 3.10. The number of carboxylic acid groups (broad SMARTS) is 1. The second kappa shape index (κ2) is 7.69. The van der Waals surface area contributed by atoms with Crippen LogP contribution in [0, 0.1) is 5.41 Å². The molecule has 2 fully saturated rings. The molecule has 0 bridgehead atoms. The molecule has 6 nitrogen and oxygen atoms in total. The van der Waals surface area contributed by atoms with Gasteiger partial charge in [-0.2, -0.15) is 0 Å². The van der Waals surface area contributed by atoms with Crippen molar-refractivity contribution >= 4 is 11.9 Å². The van der Waals surface area contributed by atoms with Crippen LogP contribution < -0.4 is 4.90 Å². The minimum atomic E-state index is -2.76. The fourth-order valence-electron chi connectivity index (χ4n) is 4.88. The minimum Gasteiger partial charge on any atom is -0.465 e. The molecule has 0 spiro atoms. The van der Waals surface area contributed by atoms with E-state index in [0.29, 0.717) is 22.9 Å². The van der Waals surface area contributed by atoms with Crippen LogP contribution in [0.5, 0.6) is 0 Å². The summed E-state index contributed by atoms with van der Waals surface area (Å²) in [5, 5.41) is 21.6. The Hall–Kier alpha value is -2.74. The van der Waals surface area contributed by atoms with Gasteiger partial charge < -0.3 is 20.0 Å². The molecule has 3 heterocycles. The van der Waals surface area contributed by atoms with Crippen molar-refractivity contribution in [2.24, 2.45) is 5.41 Å². The van der Waals surface area contributed by atoms with Crippen LogP contribution in [0.15, 0.2) is 42.6 Å². The smallest absolute Gasteiger partial charge is 0.407 e. The van der Waals surface area contributed by atoms with E-state index in [0.717, 1.165) is 5.56 Å². The number of likely N-dealkylation sites (tertiary alicyclic amines) is 1. The van der Waals surface area contributed by atoms with Crippen LogP contribution in [0.2, 0.25) is 0 Å². The first-order chi connectivity index (χ1) is 14.9. The van der Waals surface area contributed by atoms with Crippen molar-refractivity contribution in [1.29, 1.82) is 0 Å². The summed E-state index contributed by atoms with van der Waals surface area (Å²) < 4.78 is 27.5. The molecule has 0 unspecified atom stereocenters. The van der Waals surface area contributed by atoms with Gasteiger partial charge in [-0.1, -0.05) is 45.0 Å². The number of benzene rings is 1. The van der Waals surface area contributed by atoms with Gasteiger partial charge in [-0.05, 0) is 34.7 Å². The summed E-state index contributed by atoms with van der Waals surface area (Å²) >= 11 is 0. The molecule has 2 saturated heterocycles. The number of aromatic nitrogens is 1. The maximum Gasteiger partial charge on any atom is 0.407 e. The van der Waals surface area contributed by atoms with Crippen LogP contribution in [0.4, 0.5) is 19.4 Å². The zero-order valence-corrected chi connectivity index (χ0v) is 18.6. The molecule has 1 amide bonds. The standard InChI is InChI=1S/C24H29F2N3O3/c1-16(2)17-4-6-18(7-5-17)24(32,22(3)13-29(14-22)21(30)31)19-8-10-27-20(12-19)28-11-9-23(25,26)15-28/h4-8,10,12,16,32H,9,11,13-15H2,1-3H3,(H,30,31)/t24-/m0/s1. The minimum absolute atomic E-state index is 0.157. The summed E-state index contributed by atoms with van der Waals surface area (Å²) in [6.07, 6.45) is 0.256. The highest BCUT2D eigenvalue weighted by molar-refractivity contribution is 5.67. The highest BCUT2D eigenvalue weighted by Gasteiger charge is 2.57. The SMILES string of the molecule is CC(C)c1ccc([C@](O)(c2ccnc(N3CCC(F)(F)C3)c2)C2(C)CN(C(=O)O)C2)cc1. The molecule has 1 aromatic carbocycles. The molecule has 2 aliphatic rings. The van der Waals surface area contributed by atoms with E-state index in [4.69, 9.17) is 0 Å². The normalized spacial score (nSPS) is 21.3. The summed E-state index contributed by atoms with van der Waals surface area (Å²) in [5.74, 6) is -2.05. The van der Waals surface area contributed by atoms with Crippen LogP contribution in [-0.2, 0) is 5.60 Å². The number of rotatable bonds is 5. The zero-order chi connectivity index (χ0) is 23.3. The molecule has 0 saturated carbocycles. The van der Waals surface area contributed by atoms with Crippen LogP contribution in [-0.4, -0.2) is 58.3 Å². The van der Waals surface area contributed by atoms with Crippen molar-refractivity contribution in [3.05, 3.63) is 59.3 Å².